The van der Waals surface area contributed by atoms with Gasteiger partial charge in [0.15, 0.2) is 23.2 Å². The Labute approximate surface area is 224 Å². The molecule has 0 aliphatic heterocycles. The number of primary amides is 1. The molecule has 1 atom stereocenters. The van der Waals surface area contributed by atoms with Gasteiger partial charge in [0.2, 0.25) is 0 Å². The van der Waals surface area contributed by atoms with E-state index in [1.807, 2.05) is 0 Å². The number of carbonyl (C=O) groups is 3. The van der Waals surface area contributed by atoms with E-state index in [1.54, 1.807) is 37.3 Å². The zero-order chi connectivity index (χ0) is 27.4. The molecule has 5 N–H and O–H groups in total. The van der Waals surface area contributed by atoms with Crippen LogP contribution in [-0.2, 0) is 4.79 Å². The summed E-state index contributed by atoms with van der Waals surface area (Å²) < 4.78 is 20.7. The maximum absolute atomic E-state index is 14.1. The minimum absolute atomic E-state index is 0.0212. The van der Waals surface area contributed by atoms with E-state index in [9.17, 15) is 14.4 Å². The number of nitrogens with two attached hydrogens (primary N) is 2. The van der Waals surface area contributed by atoms with Gasteiger partial charge in [-0.05, 0) is 55.6 Å². The smallest absolute Gasteiger partial charge is 0.273 e. The van der Waals surface area contributed by atoms with Gasteiger partial charge >= 0.3 is 0 Å². The lowest BCUT2D eigenvalue weighted by Crippen LogP contribution is -2.47. The van der Waals surface area contributed by atoms with Gasteiger partial charge in [-0.15, -0.1) is 0 Å². The largest absolute Gasteiger partial charge is 0.493 e. The summed E-state index contributed by atoms with van der Waals surface area (Å²) in [4.78, 5) is 41.1. The standard InChI is InChI=1S/C26H31N5O6S/c1-14-9-11-18(37-14)22(25(33)29-15-7-5-4-6-8-15)31(16-10-12-17(35-2)19(13-16)36-3)26(34)23-20(27)21(24(28)32)30-38-23/h9-13,15,22H,4-8,27H2,1-3H3,(H2,28,32)(H,29,33)/t22-/m0/s1. The van der Waals surface area contributed by atoms with Gasteiger partial charge in [-0.1, -0.05) is 19.3 Å². The number of aryl methyl sites for hydroxylation is 1. The number of nitrogens with one attached hydrogen (secondary N) is 1. The molecule has 1 aromatic carbocycles. The number of furan rings is 1. The van der Waals surface area contributed by atoms with Crippen LogP contribution in [0.2, 0.25) is 0 Å². The molecule has 1 fully saturated rings. The SMILES string of the molecule is COc1ccc(N(C(=O)c2snc(C(N)=O)c2N)[C@H](C(=O)NC2CCCCC2)c2ccc(C)o2)cc1OC. The number of carbonyl (C=O) groups excluding carboxylic acids is 3. The van der Waals surface area contributed by atoms with Crippen molar-refractivity contribution in [1.29, 1.82) is 0 Å². The summed E-state index contributed by atoms with van der Waals surface area (Å²) in [6.45, 7) is 1.75. The van der Waals surface area contributed by atoms with Gasteiger partial charge in [0.1, 0.15) is 16.4 Å². The summed E-state index contributed by atoms with van der Waals surface area (Å²) in [7, 11) is 2.97. The fourth-order valence-corrected chi connectivity index (χ4v) is 5.34. The first kappa shape index (κ1) is 27.0. The lowest BCUT2D eigenvalue weighted by atomic mass is 9.95. The molecule has 38 heavy (non-hydrogen) atoms. The average molecular weight is 542 g/mol. The van der Waals surface area contributed by atoms with Crippen LogP contribution in [0.1, 0.15) is 69.8 Å². The first-order valence-electron chi connectivity index (χ1n) is 12.2. The Balaban J connectivity index is 1.86. The van der Waals surface area contributed by atoms with Crippen molar-refractivity contribution in [2.24, 2.45) is 5.73 Å². The van der Waals surface area contributed by atoms with Crippen molar-refractivity contribution in [3.05, 3.63) is 52.4 Å². The molecular weight excluding hydrogens is 510 g/mol. The zero-order valence-corrected chi connectivity index (χ0v) is 22.3. The van der Waals surface area contributed by atoms with Gasteiger partial charge in [0.05, 0.1) is 19.9 Å². The molecule has 3 amide bonds. The summed E-state index contributed by atoms with van der Waals surface area (Å²) in [5.41, 5.74) is 11.5. The fourth-order valence-electron chi connectivity index (χ4n) is 4.60. The van der Waals surface area contributed by atoms with E-state index in [-0.39, 0.29) is 28.1 Å². The number of ether oxygens (including phenoxy) is 2. The van der Waals surface area contributed by atoms with Gasteiger partial charge in [-0.3, -0.25) is 19.3 Å². The third-order valence-corrected chi connectivity index (χ3v) is 7.36. The van der Waals surface area contributed by atoms with Crippen molar-refractivity contribution >= 4 is 40.6 Å². The van der Waals surface area contributed by atoms with Crippen LogP contribution in [0.3, 0.4) is 0 Å². The highest BCUT2D eigenvalue weighted by Crippen LogP contribution is 2.38. The molecule has 3 aromatic rings. The van der Waals surface area contributed by atoms with Gasteiger partial charge in [-0.25, -0.2) is 0 Å². The molecule has 0 spiro atoms. The van der Waals surface area contributed by atoms with Gasteiger partial charge in [0.25, 0.3) is 17.7 Å². The number of aromatic nitrogens is 1. The van der Waals surface area contributed by atoms with Gasteiger partial charge in [0, 0.05) is 17.8 Å². The molecular formula is C26H31N5O6S. The Morgan fingerprint density at radius 3 is 2.39 bits per heavy atom. The molecule has 4 rings (SSSR count). The number of rotatable bonds is 9. The van der Waals surface area contributed by atoms with Crippen molar-refractivity contribution in [3.8, 4) is 11.5 Å². The zero-order valence-electron chi connectivity index (χ0n) is 21.5. The lowest BCUT2D eigenvalue weighted by Gasteiger charge is -2.32. The van der Waals surface area contributed by atoms with Crippen LogP contribution in [0.25, 0.3) is 0 Å². The van der Waals surface area contributed by atoms with Crippen molar-refractivity contribution in [2.45, 2.75) is 51.1 Å². The molecule has 0 saturated heterocycles. The third kappa shape index (κ3) is 5.44. The second kappa shape index (κ2) is 11.5. The van der Waals surface area contributed by atoms with E-state index in [2.05, 4.69) is 9.69 Å². The van der Waals surface area contributed by atoms with Crippen LogP contribution in [0.4, 0.5) is 11.4 Å². The number of nitrogen functional groups attached to an aromatic ring is 1. The van der Waals surface area contributed by atoms with Crippen molar-refractivity contribution < 1.29 is 28.3 Å². The number of hydrogen-bond donors (Lipinski definition) is 3. The number of hydrogen-bond acceptors (Lipinski definition) is 9. The normalized spacial score (nSPS) is 14.5. The van der Waals surface area contributed by atoms with Crippen LogP contribution in [-0.4, -0.2) is 42.4 Å². The van der Waals surface area contributed by atoms with Crippen molar-refractivity contribution in [3.63, 3.8) is 0 Å². The Morgan fingerprint density at radius 2 is 1.82 bits per heavy atom. The van der Waals surface area contributed by atoms with E-state index in [4.69, 9.17) is 25.4 Å². The summed E-state index contributed by atoms with van der Waals surface area (Å²) in [6.07, 6.45) is 4.85. The van der Waals surface area contributed by atoms with E-state index < -0.39 is 23.8 Å². The van der Waals surface area contributed by atoms with Crippen LogP contribution >= 0.6 is 11.5 Å². The van der Waals surface area contributed by atoms with Gasteiger partial charge in [-0.2, -0.15) is 4.37 Å². The Bertz CT molecular complexity index is 1330. The van der Waals surface area contributed by atoms with Crippen molar-refractivity contribution in [2.75, 3.05) is 24.9 Å². The number of methoxy groups -OCH3 is 2. The lowest BCUT2D eigenvalue weighted by molar-refractivity contribution is -0.123. The average Bonchev–Trinajstić information content (AvgIpc) is 3.52. The highest BCUT2D eigenvalue weighted by molar-refractivity contribution is 7.09. The molecule has 1 aliphatic carbocycles. The first-order chi connectivity index (χ1) is 18.2. The van der Waals surface area contributed by atoms with Crippen LogP contribution < -0.4 is 31.2 Å². The topological polar surface area (TPSA) is 163 Å². The van der Waals surface area contributed by atoms with Crippen molar-refractivity contribution in [1.82, 2.24) is 9.69 Å². The van der Waals surface area contributed by atoms with E-state index in [1.165, 1.54) is 19.1 Å². The predicted octanol–water partition coefficient (Wildman–Crippen LogP) is 3.58. The fraction of sp³-hybridized carbons (Fsp3) is 0.385. The third-order valence-electron chi connectivity index (χ3n) is 6.51. The number of nitrogens with zero attached hydrogens (tertiary/aromatic N) is 2. The predicted molar refractivity (Wildman–Crippen MR) is 143 cm³/mol. The van der Waals surface area contributed by atoms with E-state index in [0.717, 1.165) is 43.6 Å². The molecule has 0 radical (unpaired) electrons. The molecule has 0 bridgehead atoms. The summed E-state index contributed by atoms with van der Waals surface area (Å²) >= 11 is 0.733. The Hall–Kier alpha value is -4.06. The van der Waals surface area contributed by atoms with Crippen LogP contribution in [0, 0.1) is 6.92 Å². The molecule has 1 aliphatic rings. The molecule has 2 heterocycles. The highest BCUT2D eigenvalue weighted by atomic mass is 32.1. The Morgan fingerprint density at radius 1 is 1.11 bits per heavy atom. The minimum Gasteiger partial charge on any atom is -0.493 e. The maximum atomic E-state index is 14.1. The minimum atomic E-state index is -1.20. The molecule has 12 heteroatoms. The quantitative estimate of drug-likeness (QED) is 0.370. The Kier molecular flexibility index (Phi) is 8.20. The molecule has 2 aromatic heterocycles. The first-order valence-corrected chi connectivity index (χ1v) is 13.0. The summed E-state index contributed by atoms with van der Waals surface area (Å²) in [5.74, 6) is -0.302. The van der Waals surface area contributed by atoms with Crippen LogP contribution in [0.15, 0.2) is 34.7 Å². The molecule has 11 nitrogen and oxygen atoms in total. The molecule has 0 unspecified atom stereocenters. The van der Waals surface area contributed by atoms with E-state index >= 15 is 0 Å². The number of amides is 3. The van der Waals surface area contributed by atoms with Crippen LogP contribution in [0.5, 0.6) is 11.5 Å². The summed E-state index contributed by atoms with van der Waals surface area (Å²) in [5, 5.41) is 3.11. The van der Waals surface area contributed by atoms with Gasteiger partial charge < -0.3 is 30.7 Å². The second-order valence-electron chi connectivity index (χ2n) is 9.05. The maximum Gasteiger partial charge on any atom is 0.273 e. The van der Waals surface area contributed by atoms with E-state index in [0.29, 0.717) is 22.9 Å². The monoisotopic (exact) mass is 541 g/mol. The molecule has 1 saturated carbocycles. The molecule has 202 valence electrons. The summed E-state index contributed by atoms with van der Waals surface area (Å²) in [6, 6.07) is 7.00. The second-order valence-corrected chi connectivity index (χ2v) is 9.82. The highest BCUT2D eigenvalue weighted by Gasteiger charge is 2.39. The number of benzene rings is 1. The number of anilines is 2.